The molecular formula is C12H15F4N3O. The zero-order valence-corrected chi connectivity index (χ0v) is 10.9. The lowest BCUT2D eigenvalue weighted by atomic mass is 10.2. The topological polar surface area (TPSA) is 39.6 Å². The SMILES string of the molecule is CC(CO)N1CCN(c2c(F)c(F)nc(F)c2F)CC1. The summed E-state index contributed by atoms with van der Waals surface area (Å²) in [6, 6.07) is -0.0715. The molecule has 2 heterocycles. The number of hydrogen-bond donors (Lipinski definition) is 1. The fourth-order valence-electron chi connectivity index (χ4n) is 2.26. The average Bonchev–Trinajstić information content (AvgIpc) is 2.45. The lowest BCUT2D eigenvalue weighted by Crippen LogP contribution is -2.51. The monoisotopic (exact) mass is 293 g/mol. The van der Waals surface area contributed by atoms with Crippen LogP contribution in [0.3, 0.4) is 0 Å². The fourth-order valence-corrected chi connectivity index (χ4v) is 2.26. The molecule has 20 heavy (non-hydrogen) atoms. The lowest BCUT2D eigenvalue weighted by Gasteiger charge is -2.38. The number of halogens is 4. The Labute approximate surface area is 113 Å². The van der Waals surface area contributed by atoms with Gasteiger partial charge in [-0.05, 0) is 6.92 Å². The van der Waals surface area contributed by atoms with Crippen LogP contribution in [-0.2, 0) is 0 Å². The number of aliphatic hydroxyl groups is 1. The number of hydrogen-bond acceptors (Lipinski definition) is 4. The van der Waals surface area contributed by atoms with Gasteiger partial charge in [-0.1, -0.05) is 0 Å². The smallest absolute Gasteiger partial charge is 0.253 e. The van der Waals surface area contributed by atoms with Crippen LogP contribution in [0, 0.1) is 23.5 Å². The first-order valence-corrected chi connectivity index (χ1v) is 6.25. The van der Waals surface area contributed by atoms with E-state index in [2.05, 4.69) is 4.98 Å². The number of piperazine rings is 1. The third-order valence-electron chi connectivity index (χ3n) is 3.49. The minimum atomic E-state index is -1.65. The maximum absolute atomic E-state index is 13.6. The van der Waals surface area contributed by atoms with Gasteiger partial charge >= 0.3 is 0 Å². The van der Waals surface area contributed by atoms with Crippen LogP contribution in [0.2, 0.25) is 0 Å². The summed E-state index contributed by atoms with van der Waals surface area (Å²) in [4.78, 5) is 5.71. The Bertz CT molecular complexity index is 466. The summed E-state index contributed by atoms with van der Waals surface area (Å²) in [7, 11) is 0. The van der Waals surface area contributed by atoms with Crippen molar-refractivity contribution >= 4 is 5.69 Å². The summed E-state index contributed by atoms with van der Waals surface area (Å²) < 4.78 is 53.4. The van der Waals surface area contributed by atoms with Gasteiger partial charge < -0.3 is 10.0 Å². The van der Waals surface area contributed by atoms with Gasteiger partial charge in [-0.25, -0.2) is 0 Å². The maximum atomic E-state index is 13.6. The van der Waals surface area contributed by atoms with Crippen LogP contribution in [0.25, 0.3) is 0 Å². The Balaban J connectivity index is 2.19. The zero-order valence-electron chi connectivity index (χ0n) is 10.9. The molecule has 4 nitrogen and oxygen atoms in total. The molecule has 0 amide bonds. The molecule has 1 unspecified atom stereocenters. The van der Waals surface area contributed by atoms with Gasteiger partial charge in [-0.15, -0.1) is 0 Å². The molecule has 0 radical (unpaired) electrons. The molecule has 8 heteroatoms. The van der Waals surface area contributed by atoms with E-state index in [1.807, 2.05) is 11.8 Å². The summed E-state index contributed by atoms with van der Waals surface area (Å²) >= 11 is 0. The highest BCUT2D eigenvalue weighted by Gasteiger charge is 2.28. The molecule has 1 aromatic heterocycles. The second-order valence-corrected chi connectivity index (χ2v) is 4.72. The number of aromatic nitrogens is 1. The van der Waals surface area contributed by atoms with E-state index in [-0.39, 0.29) is 25.7 Å². The van der Waals surface area contributed by atoms with E-state index in [4.69, 9.17) is 5.11 Å². The van der Waals surface area contributed by atoms with Crippen molar-refractivity contribution in [1.29, 1.82) is 0 Å². The summed E-state index contributed by atoms with van der Waals surface area (Å²) in [6.45, 7) is 3.09. The van der Waals surface area contributed by atoms with Crippen LogP contribution in [0.15, 0.2) is 0 Å². The molecule has 0 aliphatic carbocycles. The predicted molar refractivity (Wildman–Crippen MR) is 64.4 cm³/mol. The highest BCUT2D eigenvalue weighted by molar-refractivity contribution is 5.49. The molecule has 0 aromatic carbocycles. The number of rotatable bonds is 3. The van der Waals surface area contributed by atoms with Crippen LogP contribution in [0.1, 0.15) is 6.92 Å². The van der Waals surface area contributed by atoms with Gasteiger partial charge in [0.25, 0.3) is 11.9 Å². The Hall–Kier alpha value is -1.41. The Morgan fingerprint density at radius 1 is 1.05 bits per heavy atom. The molecule has 0 saturated carbocycles. The van der Waals surface area contributed by atoms with Gasteiger partial charge in [0, 0.05) is 32.2 Å². The van der Waals surface area contributed by atoms with E-state index in [9.17, 15) is 17.6 Å². The molecule has 1 saturated heterocycles. The molecule has 0 bridgehead atoms. The highest BCUT2D eigenvalue weighted by atomic mass is 19.2. The number of anilines is 1. The van der Waals surface area contributed by atoms with Crippen molar-refractivity contribution < 1.29 is 22.7 Å². The largest absolute Gasteiger partial charge is 0.395 e. The van der Waals surface area contributed by atoms with Gasteiger partial charge in [-0.2, -0.15) is 22.5 Å². The molecule has 1 aromatic rings. The van der Waals surface area contributed by atoms with Crippen molar-refractivity contribution in [3.63, 3.8) is 0 Å². The number of pyridine rings is 1. The standard InChI is InChI=1S/C12H15F4N3O/c1-7(6-20)18-2-4-19(5-3-18)10-8(13)11(15)17-12(16)9(10)14/h7,20H,2-6H2,1H3. The van der Waals surface area contributed by atoms with Gasteiger partial charge in [0.1, 0.15) is 5.69 Å². The molecule has 112 valence electrons. The minimum absolute atomic E-state index is 0.0266. The van der Waals surface area contributed by atoms with E-state index >= 15 is 0 Å². The van der Waals surface area contributed by atoms with Crippen molar-refractivity contribution in [3.8, 4) is 0 Å². The summed E-state index contributed by atoms with van der Waals surface area (Å²) in [5.74, 6) is -6.25. The van der Waals surface area contributed by atoms with E-state index in [0.29, 0.717) is 13.1 Å². The second-order valence-electron chi connectivity index (χ2n) is 4.72. The molecule has 1 aliphatic rings. The lowest BCUT2D eigenvalue weighted by molar-refractivity contribution is 0.128. The Morgan fingerprint density at radius 2 is 1.55 bits per heavy atom. The fraction of sp³-hybridized carbons (Fsp3) is 0.583. The van der Waals surface area contributed by atoms with Gasteiger partial charge in [-0.3, -0.25) is 4.90 Å². The summed E-state index contributed by atoms with van der Waals surface area (Å²) in [5.41, 5.74) is -0.716. The van der Waals surface area contributed by atoms with Crippen molar-refractivity contribution in [3.05, 3.63) is 23.5 Å². The van der Waals surface area contributed by atoms with Crippen LogP contribution < -0.4 is 4.90 Å². The van der Waals surface area contributed by atoms with Gasteiger partial charge in [0.15, 0.2) is 0 Å². The highest BCUT2D eigenvalue weighted by Crippen LogP contribution is 2.27. The number of nitrogens with zero attached hydrogens (tertiary/aromatic N) is 3. The minimum Gasteiger partial charge on any atom is -0.395 e. The van der Waals surface area contributed by atoms with E-state index < -0.39 is 29.2 Å². The number of aliphatic hydroxyl groups excluding tert-OH is 1. The van der Waals surface area contributed by atoms with Crippen LogP contribution >= 0.6 is 0 Å². The van der Waals surface area contributed by atoms with Gasteiger partial charge in [0.2, 0.25) is 11.6 Å². The normalized spacial score (nSPS) is 18.4. The molecule has 2 rings (SSSR count). The second kappa shape index (κ2) is 5.92. The molecule has 1 aliphatic heterocycles. The first kappa shape index (κ1) is 15.0. The third-order valence-corrected chi connectivity index (χ3v) is 3.49. The summed E-state index contributed by atoms with van der Waals surface area (Å²) in [6.07, 6.45) is 0. The molecule has 1 atom stereocenters. The van der Waals surface area contributed by atoms with Crippen molar-refractivity contribution in [2.24, 2.45) is 0 Å². The quantitative estimate of drug-likeness (QED) is 0.670. The first-order chi connectivity index (χ1) is 9.45. The molecule has 1 N–H and O–H groups in total. The Kier molecular flexibility index (Phi) is 4.44. The van der Waals surface area contributed by atoms with Crippen molar-refractivity contribution in [2.45, 2.75) is 13.0 Å². The predicted octanol–water partition coefficient (Wildman–Crippen LogP) is 1.14. The van der Waals surface area contributed by atoms with E-state index in [1.165, 1.54) is 4.90 Å². The molecular weight excluding hydrogens is 278 g/mol. The molecule has 0 spiro atoms. The van der Waals surface area contributed by atoms with Gasteiger partial charge in [0.05, 0.1) is 6.61 Å². The molecule has 1 fully saturated rings. The summed E-state index contributed by atoms with van der Waals surface area (Å²) in [5, 5.41) is 9.05. The van der Waals surface area contributed by atoms with E-state index in [1.54, 1.807) is 0 Å². The van der Waals surface area contributed by atoms with Crippen molar-refractivity contribution in [1.82, 2.24) is 9.88 Å². The average molecular weight is 293 g/mol. The maximum Gasteiger partial charge on any atom is 0.253 e. The van der Waals surface area contributed by atoms with Crippen LogP contribution in [0.5, 0.6) is 0 Å². The van der Waals surface area contributed by atoms with Crippen LogP contribution in [-0.4, -0.2) is 53.8 Å². The first-order valence-electron chi connectivity index (χ1n) is 6.25. The van der Waals surface area contributed by atoms with Crippen LogP contribution in [0.4, 0.5) is 23.2 Å². The zero-order chi connectivity index (χ0) is 14.9. The third kappa shape index (κ3) is 2.71. The van der Waals surface area contributed by atoms with E-state index in [0.717, 1.165) is 0 Å². The van der Waals surface area contributed by atoms with Crippen molar-refractivity contribution in [2.75, 3.05) is 37.7 Å². The Morgan fingerprint density at radius 3 is 2.00 bits per heavy atom.